The fraction of sp³-hybridized carbons (Fsp3) is 0.0909. The third-order valence-corrected chi connectivity index (χ3v) is 2.15. The van der Waals surface area contributed by atoms with Gasteiger partial charge in [0.25, 0.3) is 0 Å². The first-order chi connectivity index (χ1) is 5.83. The van der Waals surface area contributed by atoms with Gasteiger partial charge in [0.1, 0.15) is 0 Å². The Kier molecular flexibility index (Phi) is 3.58. The Morgan fingerprint density at radius 1 is 1.23 bits per heavy atom. The van der Waals surface area contributed by atoms with E-state index in [1.807, 2.05) is 12.1 Å². The molecule has 0 saturated heterocycles. The molecule has 0 saturated carbocycles. The van der Waals surface area contributed by atoms with Gasteiger partial charge >= 0.3 is 0 Å². The topological polar surface area (TPSA) is 15.8 Å². The van der Waals surface area contributed by atoms with Gasteiger partial charge in [-0.05, 0) is 5.52 Å². The van der Waals surface area contributed by atoms with Crippen molar-refractivity contribution in [2.45, 2.75) is 6.42 Å². The maximum atomic E-state index is 4.01. The van der Waals surface area contributed by atoms with Crippen LogP contribution < -0.4 is 0 Å². The van der Waals surface area contributed by atoms with E-state index in [0.717, 1.165) is 23.2 Å². The maximum absolute atomic E-state index is 4.01. The number of aromatic nitrogens is 1. The molecule has 2 heteroatoms. The first kappa shape index (κ1) is 10.8. The van der Waals surface area contributed by atoms with E-state index < -0.39 is 0 Å². The van der Waals surface area contributed by atoms with Crippen molar-refractivity contribution in [2.75, 3.05) is 0 Å². The minimum atomic E-state index is 0. The number of benzene rings is 1. The van der Waals surface area contributed by atoms with Gasteiger partial charge in [-0.3, -0.25) is 0 Å². The van der Waals surface area contributed by atoms with E-state index in [2.05, 4.69) is 31.0 Å². The first-order valence-electron chi connectivity index (χ1n) is 4.03. The summed E-state index contributed by atoms with van der Waals surface area (Å²) in [6.07, 6.45) is 0.771. The van der Waals surface area contributed by atoms with Crippen molar-refractivity contribution < 1.29 is 32.7 Å². The van der Waals surface area contributed by atoms with Gasteiger partial charge in [0.2, 0.25) is 0 Å². The summed E-state index contributed by atoms with van der Waals surface area (Å²) in [7, 11) is 0. The molecule has 0 aliphatic heterocycles. The predicted molar refractivity (Wildman–Crippen MR) is 51.8 cm³/mol. The largest absolute Gasteiger partial charge is 0.423 e. The van der Waals surface area contributed by atoms with Crippen LogP contribution in [0.5, 0.6) is 0 Å². The van der Waals surface area contributed by atoms with Crippen molar-refractivity contribution in [2.24, 2.45) is 0 Å². The number of para-hydroxylation sites is 1. The van der Waals surface area contributed by atoms with Gasteiger partial charge in [-0.15, -0.1) is 17.1 Å². The predicted octanol–water partition coefficient (Wildman–Crippen LogP) is 2.72. The molecule has 65 valence electrons. The third-order valence-electron chi connectivity index (χ3n) is 2.15. The van der Waals surface area contributed by atoms with Crippen LogP contribution in [-0.4, -0.2) is 4.98 Å². The fourth-order valence-electron chi connectivity index (χ4n) is 1.47. The molecule has 0 unspecified atom stereocenters. The van der Waals surface area contributed by atoms with Crippen LogP contribution in [0.3, 0.4) is 0 Å². The van der Waals surface area contributed by atoms with E-state index in [1.54, 1.807) is 0 Å². The monoisotopic (exact) mass is 246 g/mol. The number of nitrogens with one attached hydrogen (secondary N) is 1. The number of fused-ring (bicyclic) bond motifs is 1. The summed E-state index contributed by atoms with van der Waals surface area (Å²) in [5.74, 6) is 0. The maximum Gasteiger partial charge on any atom is 0 e. The van der Waals surface area contributed by atoms with E-state index in [-0.39, 0.29) is 32.7 Å². The quantitative estimate of drug-likeness (QED) is 0.744. The molecule has 13 heavy (non-hydrogen) atoms. The van der Waals surface area contributed by atoms with Crippen LogP contribution in [-0.2, 0) is 39.1 Å². The summed E-state index contributed by atoms with van der Waals surface area (Å²) in [4.78, 5) is 3.29. The van der Waals surface area contributed by atoms with E-state index >= 15 is 0 Å². The molecule has 1 heterocycles. The van der Waals surface area contributed by atoms with Crippen LogP contribution in [0.1, 0.15) is 11.3 Å². The summed E-state index contributed by atoms with van der Waals surface area (Å²) < 4.78 is 0. The molecule has 1 nitrogen and oxygen atoms in total. The van der Waals surface area contributed by atoms with Gasteiger partial charge in [0, 0.05) is 32.7 Å². The molecule has 0 atom stereocenters. The van der Waals surface area contributed by atoms with Crippen molar-refractivity contribution in [3.63, 3.8) is 0 Å². The normalized spacial score (nSPS) is 9.92. The number of hydrogen-bond donors (Lipinski definition) is 1. The number of rotatable bonds is 1. The van der Waals surface area contributed by atoms with Crippen LogP contribution in [0.15, 0.2) is 24.3 Å². The smallest absolute Gasteiger partial charge is 0 e. The minimum absolute atomic E-state index is 0. The molecule has 1 aromatic carbocycles. The summed E-state index contributed by atoms with van der Waals surface area (Å²) in [6.45, 7) is 7.85. The van der Waals surface area contributed by atoms with Gasteiger partial charge in [0.15, 0.2) is 0 Å². The van der Waals surface area contributed by atoms with E-state index in [9.17, 15) is 0 Å². The SMILES string of the molecule is [CH2-]Cc1[nH]c2ccccc2c1[CH2-].[Y]. The summed E-state index contributed by atoms with van der Waals surface area (Å²) in [5, 5.41) is 1.20. The molecule has 0 fully saturated rings. The zero-order valence-electron chi connectivity index (χ0n) is 7.51. The Morgan fingerprint density at radius 3 is 2.54 bits per heavy atom. The van der Waals surface area contributed by atoms with E-state index in [1.165, 1.54) is 5.39 Å². The van der Waals surface area contributed by atoms with Gasteiger partial charge in [-0.25, -0.2) is 0 Å². The molecule has 1 radical (unpaired) electrons. The number of aromatic amines is 1. The molecular formula is C11H11NY-2. The van der Waals surface area contributed by atoms with Crippen LogP contribution in [0, 0.1) is 13.8 Å². The molecule has 0 bridgehead atoms. The summed E-state index contributed by atoms with van der Waals surface area (Å²) >= 11 is 0. The Hall–Kier alpha value is -0.266. The molecule has 0 aliphatic carbocycles. The third kappa shape index (κ3) is 1.82. The molecule has 1 aromatic heterocycles. The van der Waals surface area contributed by atoms with Crippen LogP contribution in [0.4, 0.5) is 0 Å². The summed E-state index contributed by atoms with van der Waals surface area (Å²) in [6, 6.07) is 8.18. The molecule has 2 aromatic rings. The van der Waals surface area contributed by atoms with Gasteiger partial charge in [-0.1, -0.05) is 18.2 Å². The van der Waals surface area contributed by atoms with Crippen molar-refractivity contribution in [3.8, 4) is 0 Å². The van der Waals surface area contributed by atoms with Crippen LogP contribution in [0.25, 0.3) is 10.9 Å². The minimum Gasteiger partial charge on any atom is -0.423 e. The zero-order valence-corrected chi connectivity index (χ0v) is 10.3. The van der Waals surface area contributed by atoms with Crippen molar-refractivity contribution >= 4 is 10.9 Å². The van der Waals surface area contributed by atoms with Gasteiger partial charge in [-0.2, -0.15) is 18.9 Å². The summed E-state index contributed by atoms with van der Waals surface area (Å²) in [5.41, 5.74) is 3.37. The average Bonchev–Trinajstić information content (AvgIpc) is 2.44. The molecule has 0 amide bonds. The molecular weight excluding hydrogens is 235 g/mol. The van der Waals surface area contributed by atoms with Crippen LogP contribution >= 0.6 is 0 Å². The van der Waals surface area contributed by atoms with Gasteiger partial charge < -0.3 is 11.9 Å². The Bertz CT molecular complexity index is 403. The number of hydrogen-bond acceptors (Lipinski definition) is 0. The van der Waals surface area contributed by atoms with Crippen LogP contribution in [0.2, 0.25) is 0 Å². The van der Waals surface area contributed by atoms with Crippen molar-refractivity contribution in [1.29, 1.82) is 0 Å². The second-order valence-electron chi connectivity index (χ2n) is 2.88. The molecule has 0 aliphatic rings. The van der Waals surface area contributed by atoms with E-state index in [0.29, 0.717) is 0 Å². The average molecular weight is 246 g/mol. The second-order valence-corrected chi connectivity index (χ2v) is 2.88. The Balaban J connectivity index is 0.000000845. The molecule has 1 N–H and O–H groups in total. The van der Waals surface area contributed by atoms with Crippen molar-refractivity contribution in [1.82, 2.24) is 4.98 Å². The van der Waals surface area contributed by atoms with Gasteiger partial charge in [0.05, 0.1) is 0 Å². The van der Waals surface area contributed by atoms with Crippen molar-refractivity contribution in [3.05, 3.63) is 49.4 Å². The first-order valence-corrected chi connectivity index (χ1v) is 4.03. The Labute approximate surface area is 104 Å². The zero-order chi connectivity index (χ0) is 8.55. The Morgan fingerprint density at radius 2 is 1.92 bits per heavy atom. The molecule has 2 rings (SSSR count). The van der Waals surface area contributed by atoms with E-state index in [4.69, 9.17) is 0 Å². The molecule has 0 spiro atoms. The number of H-pyrrole nitrogens is 1. The fourth-order valence-corrected chi connectivity index (χ4v) is 1.47. The second kappa shape index (κ2) is 4.30. The standard InChI is InChI=1S/C11H11N.Y/c1-3-10-8(2)9-6-4-5-7-11(9)12-10;/h4-7,12H,1-3H2;/q-2;.